The third-order valence-electron chi connectivity index (χ3n) is 12.3. The summed E-state index contributed by atoms with van der Waals surface area (Å²) in [5.74, 6) is 3.01. The quantitative estimate of drug-likeness (QED) is 0.0820. The molecule has 0 aliphatic rings. The first-order valence-corrected chi connectivity index (χ1v) is 39.3. The van der Waals surface area contributed by atoms with Crippen molar-refractivity contribution >= 4 is 27.2 Å². The molecule has 0 bridgehead atoms. The zero-order valence-corrected chi connectivity index (χ0v) is 71.3. The smallest absolute Gasteiger partial charge is 0.287 e. The Hall–Kier alpha value is -8.25. The number of carbonyl (C=O) groups is 1. The molecule has 0 aliphatic heterocycles. The molecule has 1 atom stereocenters. The second-order valence-electron chi connectivity index (χ2n) is 21.1. The van der Waals surface area contributed by atoms with Crippen molar-refractivity contribution in [3.05, 3.63) is 316 Å². The van der Waals surface area contributed by atoms with Crippen molar-refractivity contribution in [3.63, 3.8) is 0 Å². The van der Waals surface area contributed by atoms with Gasteiger partial charge in [-0.3, -0.25) is 4.79 Å². The maximum Gasteiger partial charge on any atom is 0.287 e. The molecule has 9 rings (SSSR count). The van der Waals surface area contributed by atoms with E-state index < -0.39 is 21.3 Å². The van der Waals surface area contributed by atoms with E-state index in [4.69, 9.17) is 4.18 Å². The third kappa shape index (κ3) is 88.0. The van der Waals surface area contributed by atoms with E-state index >= 15 is 0 Å². The molecule has 0 radical (unpaired) electrons. The third-order valence-corrected chi connectivity index (χ3v) is 14.3. The van der Waals surface area contributed by atoms with Gasteiger partial charge in [-0.05, 0) is 142 Å². The first kappa shape index (κ1) is 112. The number of aryl methyl sites for hydroxylation is 11. The molecule has 0 saturated heterocycles. The summed E-state index contributed by atoms with van der Waals surface area (Å²) in [6, 6.07) is 86.7. The average molecular weight is 1470 g/mol. The molecule has 0 spiro atoms. The van der Waals surface area contributed by atoms with Gasteiger partial charge in [0.15, 0.2) is 0 Å². The predicted molar refractivity (Wildman–Crippen MR) is 463 cm³/mol. The summed E-state index contributed by atoms with van der Waals surface area (Å²) >= 11 is -1.43. The highest BCUT2D eigenvalue weighted by Gasteiger charge is 1.98. The number of terminal acetylenes is 1. The van der Waals surface area contributed by atoms with E-state index in [-0.39, 0.29) is 11.7 Å². The average Bonchev–Trinajstić information content (AvgIpc) is 1.03. The van der Waals surface area contributed by atoms with Gasteiger partial charge in [-0.25, -0.2) is 17.9 Å². The molecule has 0 saturated carbocycles. The van der Waals surface area contributed by atoms with Crippen molar-refractivity contribution < 1.29 is 31.1 Å². The standard InChI is InChI=1S/2C9H12.4C8H10.C7H9NO2S.2C7H8.C3H9NO2S.C3H7NO.C3H8O2.C3H8.C3H4.3C2H6/c2*1-3-9-6-4-8(2)5-7-9;1-7-3-5-8(2)6-4-7;3*1-2-8-6-4-3-5-7-8;1-8-11(9)10-7-5-3-2-4-6-7;2*1-7-5-3-2-4-6-7;1-3-7(5,6)4-2;1-3(5)4-2;1-4-3-5-2;2*1-3-2;3*1-2/h2*4-7H,3H2,1-2H3;3-6H,1-2H3;3*3-7H,2H2,1H3;2-6,8H,1H3;2*2-6H,1H3;4H,3H2,1-2H3;1-2H3,(H,4,5);3H2,1-2H3;3H2,1-2H3;1H,2H3;3*1-2H3. The monoisotopic (exact) mass is 1470 g/mol. The number of para-hydroxylation sites is 1. The molecule has 3 N–H and O–H groups in total. The molecule has 0 aromatic heterocycles. The minimum absolute atomic E-state index is 0.00463. The highest BCUT2D eigenvalue weighted by molar-refractivity contribution is 7.89. The van der Waals surface area contributed by atoms with Crippen LogP contribution in [0.4, 0.5) is 0 Å². The maximum absolute atomic E-state index is 10.8. The maximum atomic E-state index is 10.8. The predicted octanol–water partition coefficient (Wildman–Crippen LogP) is 23.7. The molecule has 10 nitrogen and oxygen atoms in total. The zero-order valence-electron chi connectivity index (χ0n) is 69.7. The summed E-state index contributed by atoms with van der Waals surface area (Å²) in [5, 5.41) is 2.39. The van der Waals surface area contributed by atoms with Gasteiger partial charge in [0.2, 0.25) is 15.9 Å². The van der Waals surface area contributed by atoms with Crippen LogP contribution in [0.5, 0.6) is 5.75 Å². The van der Waals surface area contributed by atoms with Crippen molar-refractivity contribution in [2.24, 2.45) is 0 Å². The number of hydrogen-bond acceptors (Lipinski definition) is 7. The van der Waals surface area contributed by atoms with Crippen LogP contribution in [-0.2, 0) is 67.7 Å². The Kier molecular flexibility index (Phi) is 95.5. The Labute approximate surface area is 641 Å². The Morgan fingerprint density at radius 3 is 0.721 bits per heavy atom. The lowest BCUT2D eigenvalue weighted by Gasteiger charge is -2.00. The van der Waals surface area contributed by atoms with E-state index in [9.17, 15) is 17.4 Å². The summed E-state index contributed by atoms with van der Waals surface area (Å²) in [5.41, 5.74) is 15.0. The van der Waals surface area contributed by atoms with Gasteiger partial charge in [-0.15, -0.1) is 12.3 Å². The normalized spacial score (nSPS) is 8.90. The van der Waals surface area contributed by atoms with Crippen molar-refractivity contribution in [1.82, 2.24) is 14.8 Å². The first-order chi connectivity index (χ1) is 50.0. The molecule has 580 valence electrons. The van der Waals surface area contributed by atoms with Gasteiger partial charge in [-0.2, -0.15) is 4.21 Å². The Bertz CT molecular complexity index is 3060. The molecule has 12 heteroatoms. The van der Waals surface area contributed by atoms with Gasteiger partial charge in [0.1, 0.15) is 12.5 Å². The van der Waals surface area contributed by atoms with Gasteiger partial charge in [0.25, 0.3) is 11.3 Å². The minimum atomic E-state index is -2.91. The highest BCUT2D eigenvalue weighted by Crippen LogP contribution is 2.09. The van der Waals surface area contributed by atoms with Crippen LogP contribution in [0, 0.1) is 53.9 Å². The number of amides is 1. The zero-order chi connectivity index (χ0) is 80.9. The van der Waals surface area contributed by atoms with Crippen LogP contribution in [0.2, 0.25) is 0 Å². The number of benzene rings is 9. The summed E-state index contributed by atoms with van der Waals surface area (Å²) in [6.07, 6.45) is 11.5. The number of rotatable bonds is 12. The number of carbonyl (C=O) groups excluding carboxylic acids is 1. The molecule has 0 aliphatic carbocycles. The van der Waals surface area contributed by atoms with E-state index in [0.717, 1.165) is 32.1 Å². The van der Waals surface area contributed by atoms with Gasteiger partial charge in [0.05, 0.1) is 5.75 Å². The van der Waals surface area contributed by atoms with Crippen LogP contribution in [0.1, 0.15) is 178 Å². The summed E-state index contributed by atoms with van der Waals surface area (Å²) in [6.45, 7) is 44.8. The topological polar surface area (TPSA) is 132 Å². The molecule has 9 aromatic carbocycles. The molecule has 1 amide bonds. The summed E-state index contributed by atoms with van der Waals surface area (Å²) in [7, 11) is 4.84. The fraction of sp³-hybridized carbons (Fsp3) is 0.380. The van der Waals surface area contributed by atoms with E-state index in [1.165, 1.54) is 81.6 Å². The van der Waals surface area contributed by atoms with Crippen molar-refractivity contribution in [3.8, 4) is 18.1 Å². The minimum Gasteiger partial charge on any atom is -0.389 e. The molecule has 104 heavy (non-hydrogen) atoms. The first-order valence-electron chi connectivity index (χ1n) is 36.6. The molecular formula is C92H143N3O7S2. The van der Waals surface area contributed by atoms with Crippen molar-refractivity contribution in [2.45, 2.75) is 191 Å². The lowest BCUT2D eigenvalue weighted by atomic mass is 10.1. The summed E-state index contributed by atoms with van der Waals surface area (Å²) < 4.78 is 49.8. The Balaban J connectivity index is -0.000000160. The van der Waals surface area contributed by atoms with Crippen LogP contribution in [0.3, 0.4) is 0 Å². The van der Waals surface area contributed by atoms with Gasteiger partial charge >= 0.3 is 0 Å². The molecular weight excluding hydrogens is 1320 g/mol. The largest absolute Gasteiger partial charge is 0.389 e. The van der Waals surface area contributed by atoms with Crippen LogP contribution in [0.15, 0.2) is 255 Å². The van der Waals surface area contributed by atoms with Crippen LogP contribution >= 0.6 is 0 Å². The summed E-state index contributed by atoms with van der Waals surface area (Å²) in [4.78, 5) is 9.70. The van der Waals surface area contributed by atoms with Crippen molar-refractivity contribution in [2.75, 3.05) is 47.9 Å². The number of sulfonamides is 1. The number of hydrogen-bond donors (Lipinski definition) is 3. The number of methoxy groups -OCH3 is 2. The molecule has 9 aromatic rings. The van der Waals surface area contributed by atoms with E-state index in [1.807, 2.05) is 114 Å². The highest BCUT2D eigenvalue weighted by atomic mass is 32.2. The lowest BCUT2D eigenvalue weighted by molar-refractivity contribution is -0.118. The number of ether oxygens (including phenoxy) is 2. The fourth-order valence-electron chi connectivity index (χ4n) is 6.36. The fourth-order valence-corrected chi connectivity index (χ4v) is 7.02. The molecule has 0 fully saturated rings. The molecule has 0 heterocycles. The van der Waals surface area contributed by atoms with Crippen LogP contribution in [0.25, 0.3) is 0 Å². The van der Waals surface area contributed by atoms with Crippen LogP contribution < -0.4 is 18.9 Å². The van der Waals surface area contributed by atoms with E-state index in [0.29, 0.717) is 12.5 Å². The van der Waals surface area contributed by atoms with Crippen LogP contribution in [-0.4, -0.2) is 66.4 Å². The van der Waals surface area contributed by atoms with Crippen molar-refractivity contribution in [1.29, 1.82) is 0 Å². The second kappa shape index (κ2) is 89.0. The van der Waals surface area contributed by atoms with E-state index in [2.05, 4.69) is 296 Å². The van der Waals surface area contributed by atoms with E-state index in [1.54, 1.807) is 54.3 Å². The Morgan fingerprint density at radius 1 is 0.394 bits per heavy atom. The number of nitrogens with one attached hydrogen (secondary N) is 3. The van der Waals surface area contributed by atoms with Gasteiger partial charge < -0.3 is 19.0 Å². The SMILES string of the molecule is C#CC.CC.CC.CC.CCC.CCS(=O)(=O)NC.CCc1ccc(C)cc1.CCc1ccc(C)cc1.CCc1ccccc1.CCc1ccccc1.CCc1ccccc1.CNC(C)=O.CNS(=O)Oc1ccccc1.COCOC.Cc1ccc(C)cc1.Cc1ccccc1.Cc1ccccc1. The molecule has 1 unspecified atom stereocenters. The van der Waals surface area contributed by atoms with Gasteiger partial charge in [0, 0.05) is 28.2 Å². The van der Waals surface area contributed by atoms with Gasteiger partial charge in [-0.1, -0.05) is 372 Å². The lowest BCUT2D eigenvalue weighted by Crippen LogP contribution is -2.19. The Morgan fingerprint density at radius 2 is 0.587 bits per heavy atom. The second-order valence-corrected chi connectivity index (χ2v) is 24.4.